The molecule has 0 aliphatic rings. The number of hydrogen-bond donors (Lipinski definition) is 2. The molecule has 2 N–H and O–H groups in total. The lowest BCUT2D eigenvalue weighted by Crippen LogP contribution is -2.15. The van der Waals surface area contributed by atoms with Crippen LogP contribution in [0.5, 0.6) is 5.75 Å². The van der Waals surface area contributed by atoms with Crippen LogP contribution in [-0.4, -0.2) is 35.6 Å². The van der Waals surface area contributed by atoms with Crippen molar-refractivity contribution in [3.63, 3.8) is 0 Å². The number of benzene rings is 1. The molecule has 0 amide bonds. The molecule has 1 aromatic heterocycles. The minimum Gasteiger partial charge on any atom is -0.508 e. The Kier molecular flexibility index (Phi) is 3.39. The monoisotopic (exact) mass is 334 g/mol. The van der Waals surface area contributed by atoms with Gasteiger partial charge in [0.05, 0.1) is 3.70 Å². The highest BCUT2D eigenvalue weighted by molar-refractivity contribution is 14.1. The highest BCUT2D eigenvalue weighted by atomic mass is 131. The quantitative estimate of drug-likeness (QED) is 0.847. The molecule has 0 saturated heterocycles. The predicted molar refractivity (Wildman–Crippen MR) is 74.9 cm³/mol. The van der Waals surface area contributed by atoms with Crippen molar-refractivity contribution in [2.75, 3.05) is 20.6 Å². The number of phenols is 1. The number of aromatic hydroxyl groups is 1. The van der Waals surface area contributed by atoms with E-state index in [1.54, 1.807) is 6.07 Å². The van der Waals surface area contributed by atoms with Gasteiger partial charge in [0, 0.05) is 17.4 Å². The van der Waals surface area contributed by atoms with Crippen LogP contribution >= 0.6 is 22.6 Å². The molecular weight excluding hydrogens is 319 g/mol. The first kappa shape index (κ1) is 11.7. The zero-order chi connectivity index (χ0) is 11.7. The maximum atomic E-state index is 9.51. The van der Waals surface area contributed by atoms with E-state index in [0.29, 0.717) is 5.75 Å². The highest BCUT2D eigenvalue weighted by Crippen LogP contribution is 2.27. The third kappa shape index (κ3) is 2.32. The second-order valence-electron chi connectivity index (χ2n) is 4.20. The second-order valence-corrected chi connectivity index (χ2v) is 5.28. The molecule has 16 heavy (non-hydrogen) atoms. The van der Waals surface area contributed by atoms with Crippen LogP contribution in [0, 0.1) is 3.70 Å². The first-order valence-corrected chi connectivity index (χ1v) is 6.29. The van der Waals surface area contributed by atoms with Crippen LogP contribution in [0.4, 0.5) is 0 Å². The number of aromatic nitrogens is 1. The first-order chi connectivity index (χ1) is 7.58. The molecule has 0 radical (unpaired) electrons. The number of aromatic amines is 1. The fraction of sp³-hybridized carbons (Fsp3) is 0.333. The molecular formula is C12H15IN2O. The van der Waals surface area contributed by atoms with Crippen LogP contribution < -0.4 is 0 Å². The summed E-state index contributed by atoms with van der Waals surface area (Å²) < 4.78 is 1.17. The van der Waals surface area contributed by atoms with Gasteiger partial charge in [0.1, 0.15) is 5.75 Å². The maximum absolute atomic E-state index is 9.51. The number of nitrogens with one attached hydrogen (secondary N) is 1. The number of fused-ring (bicyclic) bond motifs is 1. The molecule has 0 fully saturated rings. The SMILES string of the molecule is CN(C)CCc1c([131I])[nH]c2ccc(O)cc12. The summed E-state index contributed by atoms with van der Waals surface area (Å²) in [7, 11) is 4.14. The highest BCUT2D eigenvalue weighted by Gasteiger charge is 2.10. The smallest absolute Gasteiger partial charge is 0.116 e. The van der Waals surface area contributed by atoms with Crippen LogP contribution in [0.15, 0.2) is 18.2 Å². The van der Waals surface area contributed by atoms with E-state index in [1.165, 1.54) is 9.26 Å². The zero-order valence-corrected chi connectivity index (χ0v) is 11.6. The third-order valence-electron chi connectivity index (χ3n) is 2.65. The Balaban J connectivity index is 2.42. The van der Waals surface area contributed by atoms with Gasteiger partial charge in [0.15, 0.2) is 0 Å². The van der Waals surface area contributed by atoms with E-state index in [2.05, 4.69) is 46.6 Å². The van der Waals surface area contributed by atoms with Crippen molar-refractivity contribution in [2.24, 2.45) is 0 Å². The van der Waals surface area contributed by atoms with E-state index in [-0.39, 0.29) is 0 Å². The van der Waals surface area contributed by atoms with Gasteiger partial charge in [-0.25, -0.2) is 0 Å². The molecule has 0 saturated carbocycles. The van der Waals surface area contributed by atoms with Gasteiger partial charge < -0.3 is 15.0 Å². The molecule has 1 heterocycles. The second kappa shape index (κ2) is 4.63. The average molecular weight is 334 g/mol. The standard InChI is InChI=1S/C12H15IN2O/c1-15(2)6-5-9-10-7-8(16)3-4-11(10)14-12(9)13/h3-4,7,14,16H,5-6H2,1-2H3/i13+4. The minimum atomic E-state index is 0.328. The van der Waals surface area contributed by atoms with Crippen molar-refractivity contribution in [1.82, 2.24) is 9.88 Å². The molecule has 0 spiro atoms. The Morgan fingerprint density at radius 2 is 2.12 bits per heavy atom. The molecule has 0 atom stereocenters. The summed E-state index contributed by atoms with van der Waals surface area (Å²) >= 11 is 2.32. The van der Waals surface area contributed by atoms with E-state index in [9.17, 15) is 5.11 Å². The van der Waals surface area contributed by atoms with Crippen LogP contribution in [0.1, 0.15) is 5.56 Å². The molecule has 86 valence electrons. The van der Waals surface area contributed by atoms with Crippen molar-refractivity contribution in [1.29, 1.82) is 0 Å². The maximum Gasteiger partial charge on any atom is 0.116 e. The molecule has 1 aromatic carbocycles. The topological polar surface area (TPSA) is 39.3 Å². The summed E-state index contributed by atoms with van der Waals surface area (Å²) in [4.78, 5) is 5.50. The Bertz CT molecular complexity index is 505. The number of phenolic OH excluding ortho intramolecular Hbond substituents is 1. The number of H-pyrrole nitrogens is 1. The molecule has 2 aromatic rings. The van der Waals surface area contributed by atoms with Gasteiger partial charge >= 0.3 is 0 Å². The summed E-state index contributed by atoms with van der Waals surface area (Å²) in [6, 6.07) is 5.47. The number of likely N-dealkylation sites (N-methyl/N-ethyl adjacent to an activating group) is 1. The van der Waals surface area contributed by atoms with E-state index in [4.69, 9.17) is 0 Å². The van der Waals surface area contributed by atoms with Gasteiger partial charge in [-0.2, -0.15) is 0 Å². The van der Waals surface area contributed by atoms with Gasteiger partial charge in [-0.3, -0.25) is 0 Å². The lowest BCUT2D eigenvalue weighted by atomic mass is 10.1. The summed E-state index contributed by atoms with van der Waals surface area (Å²) in [6.45, 7) is 1.01. The van der Waals surface area contributed by atoms with Gasteiger partial charge in [-0.1, -0.05) is 0 Å². The Hall–Kier alpha value is -0.750. The molecule has 4 heteroatoms. The first-order valence-electron chi connectivity index (χ1n) is 5.21. The molecule has 3 nitrogen and oxygen atoms in total. The molecule has 2 rings (SSSR count). The lowest BCUT2D eigenvalue weighted by molar-refractivity contribution is 0.414. The summed E-state index contributed by atoms with van der Waals surface area (Å²) in [5.74, 6) is 0.328. The summed E-state index contributed by atoms with van der Waals surface area (Å²) in [5, 5.41) is 10.6. The van der Waals surface area contributed by atoms with Crippen molar-refractivity contribution in [2.45, 2.75) is 6.42 Å². The van der Waals surface area contributed by atoms with Gasteiger partial charge in [-0.15, -0.1) is 0 Å². The summed E-state index contributed by atoms with van der Waals surface area (Å²) in [5.41, 5.74) is 2.39. The number of nitrogens with zero attached hydrogens (tertiary/aromatic N) is 1. The largest absolute Gasteiger partial charge is 0.508 e. The molecule has 0 unspecified atom stereocenters. The van der Waals surface area contributed by atoms with Gasteiger partial charge in [-0.05, 0) is 66.9 Å². The Labute approximate surface area is 109 Å². The Morgan fingerprint density at radius 3 is 2.81 bits per heavy atom. The zero-order valence-electron chi connectivity index (χ0n) is 9.42. The van der Waals surface area contributed by atoms with E-state index in [0.717, 1.165) is 23.9 Å². The fourth-order valence-electron chi connectivity index (χ4n) is 1.78. The summed E-state index contributed by atoms with van der Waals surface area (Å²) in [6.07, 6.45) is 0.995. The normalized spacial score (nSPS) is 11.5. The predicted octanol–water partition coefficient (Wildman–Crippen LogP) is 2.58. The van der Waals surface area contributed by atoms with Crippen LogP contribution in [0.2, 0.25) is 0 Å². The van der Waals surface area contributed by atoms with Crippen molar-refractivity contribution < 1.29 is 5.11 Å². The average Bonchev–Trinajstić information content (AvgIpc) is 2.51. The van der Waals surface area contributed by atoms with Crippen LogP contribution in [0.3, 0.4) is 0 Å². The van der Waals surface area contributed by atoms with Crippen molar-refractivity contribution >= 4 is 33.5 Å². The van der Waals surface area contributed by atoms with Gasteiger partial charge in [0.25, 0.3) is 0 Å². The number of halogens is 1. The number of hydrogen-bond acceptors (Lipinski definition) is 2. The minimum absolute atomic E-state index is 0.328. The van der Waals surface area contributed by atoms with Crippen LogP contribution in [0.25, 0.3) is 10.9 Å². The van der Waals surface area contributed by atoms with E-state index >= 15 is 0 Å². The molecule has 0 aliphatic carbocycles. The Morgan fingerprint density at radius 1 is 1.38 bits per heavy atom. The number of rotatable bonds is 3. The molecule has 0 bridgehead atoms. The molecule has 0 aliphatic heterocycles. The third-order valence-corrected chi connectivity index (χ3v) is 3.57. The lowest BCUT2D eigenvalue weighted by Gasteiger charge is -2.08. The van der Waals surface area contributed by atoms with E-state index in [1.807, 2.05) is 12.1 Å². The fourth-order valence-corrected chi connectivity index (χ4v) is 2.63. The van der Waals surface area contributed by atoms with Gasteiger partial charge in [0.2, 0.25) is 0 Å². The van der Waals surface area contributed by atoms with Crippen molar-refractivity contribution in [3.8, 4) is 5.75 Å². The van der Waals surface area contributed by atoms with Crippen LogP contribution in [-0.2, 0) is 6.42 Å². The van der Waals surface area contributed by atoms with Crippen molar-refractivity contribution in [3.05, 3.63) is 27.5 Å². The van der Waals surface area contributed by atoms with E-state index < -0.39 is 0 Å².